The first-order valence-corrected chi connectivity index (χ1v) is 7.77. The van der Waals surface area contributed by atoms with Gasteiger partial charge in [0.25, 0.3) is 5.91 Å². The van der Waals surface area contributed by atoms with Gasteiger partial charge in [-0.25, -0.2) is 4.79 Å². The Labute approximate surface area is 140 Å². The van der Waals surface area contributed by atoms with Crippen LogP contribution < -0.4 is 0 Å². The number of carbonyl (C=O) groups excluding carboxylic acids is 1. The Bertz CT molecular complexity index is 770. The molecular weight excluding hydrogens is 306 g/mol. The van der Waals surface area contributed by atoms with E-state index in [1.54, 1.807) is 26.0 Å². The first-order valence-electron chi connectivity index (χ1n) is 7.77. The summed E-state index contributed by atoms with van der Waals surface area (Å²) >= 11 is 0. The minimum absolute atomic E-state index is 0.0123. The second kappa shape index (κ2) is 6.09. The molecule has 0 unspecified atom stereocenters. The van der Waals surface area contributed by atoms with Crippen LogP contribution in [0.25, 0.3) is 11.1 Å². The highest BCUT2D eigenvalue weighted by Crippen LogP contribution is 2.32. The molecular formula is C19H19NO4. The highest BCUT2D eigenvalue weighted by molar-refractivity contribution is 6.02. The van der Waals surface area contributed by atoms with Gasteiger partial charge in [-0.15, -0.1) is 0 Å². The summed E-state index contributed by atoms with van der Waals surface area (Å²) in [6, 6.07) is 15.8. The van der Waals surface area contributed by atoms with E-state index in [4.69, 9.17) is 4.74 Å². The van der Waals surface area contributed by atoms with Gasteiger partial charge in [0.15, 0.2) is 6.04 Å². The van der Waals surface area contributed by atoms with Gasteiger partial charge >= 0.3 is 5.97 Å². The summed E-state index contributed by atoms with van der Waals surface area (Å²) in [6.45, 7) is 3.40. The Morgan fingerprint density at radius 1 is 1.08 bits per heavy atom. The number of carbonyl (C=O) groups is 2. The molecule has 5 nitrogen and oxygen atoms in total. The lowest BCUT2D eigenvalue weighted by atomic mass is 9.98. The quantitative estimate of drug-likeness (QED) is 0.942. The van der Waals surface area contributed by atoms with E-state index >= 15 is 0 Å². The molecule has 1 aliphatic heterocycles. The lowest BCUT2D eigenvalue weighted by molar-refractivity contribution is -0.142. The van der Waals surface area contributed by atoms with E-state index in [0.717, 1.165) is 11.1 Å². The van der Waals surface area contributed by atoms with Crippen LogP contribution in [-0.2, 0) is 9.53 Å². The summed E-state index contributed by atoms with van der Waals surface area (Å²) in [5.41, 5.74) is 1.18. The maximum Gasteiger partial charge on any atom is 0.328 e. The van der Waals surface area contributed by atoms with Crippen LogP contribution >= 0.6 is 0 Å². The molecule has 5 heteroatoms. The average Bonchev–Trinajstić information content (AvgIpc) is 2.90. The van der Waals surface area contributed by atoms with Crippen LogP contribution in [0.5, 0.6) is 0 Å². The first-order chi connectivity index (χ1) is 11.4. The van der Waals surface area contributed by atoms with Crippen LogP contribution in [-0.4, -0.2) is 40.3 Å². The third-order valence-corrected chi connectivity index (χ3v) is 4.23. The van der Waals surface area contributed by atoms with E-state index in [-0.39, 0.29) is 12.5 Å². The van der Waals surface area contributed by atoms with Crippen molar-refractivity contribution in [3.8, 4) is 11.1 Å². The summed E-state index contributed by atoms with van der Waals surface area (Å²) in [7, 11) is 0. The predicted octanol–water partition coefficient (Wildman–Crippen LogP) is 3.02. The lowest BCUT2D eigenvalue weighted by Gasteiger charge is -2.32. The fourth-order valence-electron chi connectivity index (χ4n) is 3.04. The molecule has 0 aliphatic carbocycles. The van der Waals surface area contributed by atoms with Gasteiger partial charge in [0, 0.05) is 5.56 Å². The zero-order chi connectivity index (χ0) is 17.3. The molecule has 0 radical (unpaired) electrons. The van der Waals surface area contributed by atoms with Crippen molar-refractivity contribution in [3.63, 3.8) is 0 Å². The molecule has 3 rings (SSSR count). The normalized spacial score (nSPS) is 19.2. The van der Waals surface area contributed by atoms with Crippen molar-refractivity contribution in [2.75, 3.05) is 6.61 Å². The Morgan fingerprint density at radius 2 is 1.71 bits per heavy atom. The van der Waals surface area contributed by atoms with Crippen molar-refractivity contribution in [2.45, 2.75) is 25.6 Å². The molecule has 2 aromatic rings. The molecule has 2 aromatic carbocycles. The van der Waals surface area contributed by atoms with Crippen molar-refractivity contribution in [1.29, 1.82) is 0 Å². The van der Waals surface area contributed by atoms with E-state index in [1.807, 2.05) is 42.5 Å². The fraction of sp³-hybridized carbons (Fsp3) is 0.263. The van der Waals surface area contributed by atoms with Gasteiger partial charge in [-0.05, 0) is 31.0 Å². The molecule has 1 N–H and O–H groups in total. The Morgan fingerprint density at radius 3 is 2.38 bits per heavy atom. The number of rotatable bonds is 3. The van der Waals surface area contributed by atoms with Gasteiger partial charge in [-0.3, -0.25) is 9.69 Å². The maximum atomic E-state index is 13.2. The molecule has 1 saturated heterocycles. The van der Waals surface area contributed by atoms with Crippen LogP contribution in [0.4, 0.5) is 0 Å². The number of hydrogen-bond donors (Lipinski definition) is 1. The predicted molar refractivity (Wildman–Crippen MR) is 89.5 cm³/mol. The van der Waals surface area contributed by atoms with Crippen molar-refractivity contribution in [3.05, 3.63) is 60.2 Å². The summed E-state index contributed by atoms with van der Waals surface area (Å²) < 4.78 is 5.54. The first kappa shape index (κ1) is 16.2. The molecule has 124 valence electrons. The number of hydrogen-bond acceptors (Lipinski definition) is 3. The second-order valence-electron chi connectivity index (χ2n) is 6.20. The lowest BCUT2D eigenvalue weighted by Crippen LogP contribution is -2.50. The molecule has 0 saturated carbocycles. The van der Waals surface area contributed by atoms with E-state index in [0.29, 0.717) is 5.56 Å². The van der Waals surface area contributed by atoms with Crippen LogP contribution in [0, 0.1) is 0 Å². The molecule has 24 heavy (non-hydrogen) atoms. The SMILES string of the molecule is CC1(C)OC[C@@H](C(=O)O)N1C(=O)c1ccccc1-c1ccccc1. The van der Waals surface area contributed by atoms with E-state index < -0.39 is 17.7 Å². The van der Waals surface area contributed by atoms with Gasteiger partial charge in [-0.1, -0.05) is 48.5 Å². The second-order valence-corrected chi connectivity index (χ2v) is 6.20. The number of nitrogens with zero attached hydrogens (tertiary/aromatic N) is 1. The van der Waals surface area contributed by atoms with Crippen LogP contribution in [0.3, 0.4) is 0 Å². The summed E-state index contributed by atoms with van der Waals surface area (Å²) in [4.78, 5) is 26.0. The summed E-state index contributed by atoms with van der Waals surface area (Å²) in [5.74, 6) is -1.41. The molecule has 1 atom stereocenters. The van der Waals surface area contributed by atoms with Crippen molar-refractivity contribution < 1.29 is 19.4 Å². The smallest absolute Gasteiger partial charge is 0.328 e. The number of amides is 1. The molecule has 1 fully saturated rings. The van der Waals surface area contributed by atoms with Crippen molar-refractivity contribution in [1.82, 2.24) is 4.90 Å². The van der Waals surface area contributed by atoms with Crippen molar-refractivity contribution in [2.24, 2.45) is 0 Å². The van der Waals surface area contributed by atoms with E-state index in [1.165, 1.54) is 4.90 Å². The van der Waals surface area contributed by atoms with Gasteiger partial charge in [-0.2, -0.15) is 0 Å². The molecule has 0 aromatic heterocycles. The monoisotopic (exact) mass is 325 g/mol. The zero-order valence-corrected chi connectivity index (χ0v) is 13.6. The topological polar surface area (TPSA) is 66.8 Å². The maximum absolute atomic E-state index is 13.2. The molecule has 0 spiro atoms. The van der Waals surface area contributed by atoms with Gasteiger partial charge in [0.1, 0.15) is 5.72 Å². The number of carboxylic acid groups (broad SMARTS) is 1. The highest BCUT2D eigenvalue weighted by Gasteiger charge is 2.47. The Balaban J connectivity index is 2.06. The minimum atomic E-state index is -1.06. The molecule has 0 bridgehead atoms. The largest absolute Gasteiger partial charge is 0.480 e. The van der Waals surface area contributed by atoms with Crippen LogP contribution in [0.15, 0.2) is 54.6 Å². The van der Waals surface area contributed by atoms with Crippen molar-refractivity contribution >= 4 is 11.9 Å². The standard InChI is InChI=1S/C19H19NO4/c1-19(2)20(16(12-24-19)18(22)23)17(21)15-11-7-6-10-14(15)13-8-4-3-5-9-13/h3-11,16H,12H2,1-2H3,(H,22,23)/t16-/m0/s1. The Kier molecular flexibility index (Phi) is 4.11. The summed E-state index contributed by atoms with van der Waals surface area (Å²) in [6.07, 6.45) is 0. The average molecular weight is 325 g/mol. The van der Waals surface area contributed by atoms with Gasteiger partial charge in [0.2, 0.25) is 0 Å². The fourth-order valence-corrected chi connectivity index (χ4v) is 3.04. The number of aliphatic carboxylic acids is 1. The van der Waals surface area contributed by atoms with Crippen LogP contribution in [0.1, 0.15) is 24.2 Å². The molecule has 1 aliphatic rings. The van der Waals surface area contributed by atoms with Gasteiger partial charge < -0.3 is 9.84 Å². The number of ether oxygens (including phenoxy) is 1. The zero-order valence-electron chi connectivity index (χ0n) is 13.6. The highest BCUT2D eigenvalue weighted by atomic mass is 16.5. The van der Waals surface area contributed by atoms with Gasteiger partial charge in [0.05, 0.1) is 6.61 Å². The number of carboxylic acids is 1. The molecule has 1 amide bonds. The third kappa shape index (κ3) is 2.78. The van der Waals surface area contributed by atoms with Crippen LogP contribution in [0.2, 0.25) is 0 Å². The summed E-state index contributed by atoms with van der Waals surface area (Å²) in [5, 5.41) is 9.42. The number of benzene rings is 2. The minimum Gasteiger partial charge on any atom is -0.480 e. The van der Waals surface area contributed by atoms with E-state index in [2.05, 4.69) is 0 Å². The molecule has 1 heterocycles. The Hall–Kier alpha value is -2.66. The third-order valence-electron chi connectivity index (χ3n) is 4.23. The van der Waals surface area contributed by atoms with E-state index in [9.17, 15) is 14.7 Å².